The summed E-state index contributed by atoms with van der Waals surface area (Å²) in [5.74, 6) is -0.252. The molecular formula is C15H15FN4S. The lowest BCUT2D eigenvalue weighted by atomic mass is 10.1. The Morgan fingerprint density at radius 3 is 2.71 bits per heavy atom. The van der Waals surface area contributed by atoms with Crippen molar-refractivity contribution in [2.24, 2.45) is 5.73 Å². The predicted octanol–water partition coefficient (Wildman–Crippen LogP) is 3.07. The molecule has 2 heterocycles. The van der Waals surface area contributed by atoms with Crippen LogP contribution in [0, 0.1) is 12.7 Å². The molecule has 3 rings (SSSR count). The molecule has 0 aliphatic carbocycles. The maximum absolute atomic E-state index is 13.0. The summed E-state index contributed by atoms with van der Waals surface area (Å²) in [6.45, 7) is 2.42. The molecule has 6 heteroatoms. The average molecular weight is 302 g/mol. The van der Waals surface area contributed by atoms with Gasteiger partial charge in [0, 0.05) is 28.9 Å². The Morgan fingerprint density at radius 2 is 2.10 bits per heavy atom. The topological polar surface area (TPSA) is 67.6 Å². The molecule has 2 aromatic heterocycles. The molecule has 1 aromatic carbocycles. The molecule has 0 fully saturated rings. The number of nitrogens with zero attached hydrogens (tertiary/aromatic N) is 2. The zero-order valence-electron chi connectivity index (χ0n) is 11.5. The van der Waals surface area contributed by atoms with Gasteiger partial charge in [-0.3, -0.25) is 5.10 Å². The lowest BCUT2D eigenvalue weighted by Gasteiger charge is -2.08. The first-order valence-corrected chi connectivity index (χ1v) is 7.48. The minimum absolute atomic E-state index is 0.00500. The molecule has 0 spiro atoms. The van der Waals surface area contributed by atoms with Gasteiger partial charge in [0.25, 0.3) is 0 Å². The van der Waals surface area contributed by atoms with Crippen LogP contribution in [0.4, 0.5) is 4.39 Å². The average Bonchev–Trinajstić information content (AvgIpc) is 3.11. The second kappa shape index (κ2) is 5.75. The lowest BCUT2D eigenvalue weighted by Crippen LogP contribution is -2.14. The number of aryl methyl sites for hydroxylation is 1. The van der Waals surface area contributed by atoms with Gasteiger partial charge in [0.15, 0.2) is 0 Å². The van der Waals surface area contributed by atoms with Crippen LogP contribution in [0.3, 0.4) is 0 Å². The Balaban J connectivity index is 1.91. The van der Waals surface area contributed by atoms with Crippen LogP contribution in [0.15, 0.2) is 35.7 Å². The summed E-state index contributed by atoms with van der Waals surface area (Å²) in [6, 6.07) is 8.21. The van der Waals surface area contributed by atoms with Gasteiger partial charge in [-0.1, -0.05) is 0 Å². The third-order valence-electron chi connectivity index (χ3n) is 3.28. The van der Waals surface area contributed by atoms with Crippen LogP contribution in [0.1, 0.15) is 22.3 Å². The fourth-order valence-corrected chi connectivity index (χ4v) is 3.10. The van der Waals surface area contributed by atoms with Gasteiger partial charge in [0.2, 0.25) is 0 Å². The summed E-state index contributed by atoms with van der Waals surface area (Å²) < 4.78 is 13.0. The number of aromatic amines is 1. The van der Waals surface area contributed by atoms with Crippen LogP contribution < -0.4 is 5.73 Å². The van der Waals surface area contributed by atoms with E-state index in [2.05, 4.69) is 15.2 Å². The summed E-state index contributed by atoms with van der Waals surface area (Å²) in [6.07, 6.45) is 0. The standard InChI is InChI=1S/C15H15FN4S/c1-9-8-21-15(18-9)12(7-17)14-6-13(19-20-14)10-2-4-11(16)5-3-10/h2-6,8,12H,7,17H2,1H3,(H,19,20). The van der Waals surface area contributed by atoms with E-state index >= 15 is 0 Å². The Kier molecular flexibility index (Phi) is 3.81. The quantitative estimate of drug-likeness (QED) is 0.778. The van der Waals surface area contributed by atoms with Crippen molar-refractivity contribution in [3.05, 3.63) is 57.9 Å². The van der Waals surface area contributed by atoms with Gasteiger partial charge in [0.1, 0.15) is 10.8 Å². The minimum Gasteiger partial charge on any atom is -0.329 e. The van der Waals surface area contributed by atoms with Crippen LogP contribution in [0.2, 0.25) is 0 Å². The third kappa shape index (κ3) is 2.86. The Morgan fingerprint density at radius 1 is 1.33 bits per heavy atom. The molecule has 1 unspecified atom stereocenters. The zero-order chi connectivity index (χ0) is 14.8. The van der Waals surface area contributed by atoms with Crippen molar-refractivity contribution in [2.45, 2.75) is 12.8 Å². The molecule has 3 N–H and O–H groups in total. The van der Waals surface area contributed by atoms with E-state index in [1.165, 1.54) is 12.1 Å². The fraction of sp³-hybridized carbons (Fsp3) is 0.200. The van der Waals surface area contributed by atoms with Crippen molar-refractivity contribution < 1.29 is 4.39 Å². The summed E-state index contributed by atoms with van der Waals surface area (Å²) >= 11 is 1.60. The van der Waals surface area contributed by atoms with E-state index in [1.807, 2.05) is 18.4 Å². The zero-order valence-corrected chi connectivity index (χ0v) is 12.3. The van der Waals surface area contributed by atoms with E-state index in [0.29, 0.717) is 6.54 Å². The lowest BCUT2D eigenvalue weighted by molar-refractivity contribution is 0.628. The molecule has 0 saturated heterocycles. The number of nitrogens with two attached hydrogens (primary N) is 1. The first kappa shape index (κ1) is 13.9. The van der Waals surface area contributed by atoms with Crippen molar-refractivity contribution in [1.29, 1.82) is 0 Å². The van der Waals surface area contributed by atoms with Crippen LogP contribution in [-0.4, -0.2) is 21.7 Å². The van der Waals surface area contributed by atoms with Crippen LogP contribution >= 0.6 is 11.3 Å². The van der Waals surface area contributed by atoms with Crippen LogP contribution in [0.25, 0.3) is 11.3 Å². The van der Waals surface area contributed by atoms with Crippen molar-refractivity contribution in [2.75, 3.05) is 6.54 Å². The van der Waals surface area contributed by atoms with Gasteiger partial charge in [-0.15, -0.1) is 11.3 Å². The van der Waals surface area contributed by atoms with Gasteiger partial charge >= 0.3 is 0 Å². The summed E-state index contributed by atoms with van der Waals surface area (Å²) in [4.78, 5) is 4.49. The molecule has 0 aliphatic heterocycles. The first-order valence-electron chi connectivity index (χ1n) is 6.60. The van der Waals surface area contributed by atoms with Gasteiger partial charge in [0.05, 0.1) is 11.6 Å². The summed E-state index contributed by atoms with van der Waals surface area (Å²) in [5, 5.41) is 10.3. The molecule has 21 heavy (non-hydrogen) atoms. The highest BCUT2D eigenvalue weighted by Gasteiger charge is 2.18. The largest absolute Gasteiger partial charge is 0.329 e. The maximum atomic E-state index is 13.0. The van der Waals surface area contributed by atoms with E-state index in [4.69, 9.17) is 5.73 Å². The van der Waals surface area contributed by atoms with E-state index in [-0.39, 0.29) is 11.7 Å². The van der Waals surface area contributed by atoms with Crippen molar-refractivity contribution in [3.63, 3.8) is 0 Å². The second-order valence-corrected chi connectivity index (χ2v) is 5.72. The smallest absolute Gasteiger partial charge is 0.123 e. The number of rotatable bonds is 4. The third-order valence-corrected chi connectivity index (χ3v) is 4.36. The molecule has 4 nitrogen and oxygen atoms in total. The maximum Gasteiger partial charge on any atom is 0.123 e. The summed E-state index contributed by atoms with van der Waals surface area (Å²) in [7, 11) is 0. The molecule has 0 aliphatic rings. The summed E-state index contributed by atoms with van der Waals surface area (Å²) in [5.41, 5.74) is 9.44. The Bertz CT molecular complexity index is 732. The fourth-order valence-electron chi connectivity index (χ4n) is 2.18. The van der Waals surface area contributed by atoms with Gasteiger partial charge in [-0.2, -0.15) is 5.10 Å². The minimum atomic E-state index is -0.257. The van der Waals surface area contributed by atoms with Gasteiger partial charge < -0.3 is 5.73 Å². The molecule has 3 aromatic rings. The second-order valence-electron chi connectivity index (χ2n) is 4.83. The predicted molar refractivity (Wildman–Crippen MR) is 81.7 cm³/mol. The molecular weight excluding hydrogens is 287 g/mol. The number of H-pyrrole nitrogens is 1. The van der Waals surface area contributed by atoms with E-state index in [0.717, 1.165) is 27.7 Å². The first-order chi connectivity index (χ1) is 10.2. The van der Waals surface area contributed by atoms with Crippen molar-refractivity contribution in [3.8, 4) is 11.3 Å². The molecule has 0 amide bonds. The number of aromatic nitrogens is 3. The highest BCUT2D eigenvalue weighted by molar-refractivity contribution is 7.09. The number of benzene rings is 1. The molecule has 108 valence electrons. The van der Waals surface area contributed by atoms with Crippen LogP contribution in [0.5, 0.6) is 0 Å². The highest BCUT2D eigenvalue weighted by Crippen LogP contribution is 2.28. The van der Waals surface area contributed by atoms with Gasteiger partial charge in [-0.25, -0.2) is 9.37 Å². The normalized spacial score (nSPS) is 12.5. The number of hydrogen-bond donors (Lipinski definition) is 2. The SMILES string of the molecule is Cc1csc(C(CN)c2cc(-c3ccc(F)cc3)n[nH]2)n1. The van der Waals surface area contributed by atoms with Crippen LogP contribution in [-0.2, 0) is 0 Å². The van der Waals surface area contributed by atoms with Crippen molar-refractivity contribution >= 4 is 11.3 Å². The molecule has 0 bridgehead atoms. The van der Waals surface area contributed by atoms with E-state index in [9.17, 15) is 4.39 Å². The number of nitrogens with one attached hydrogen (secondary N) is 1. The number of hydrogen-bond acceptors (Lipinski definition) is 4. The number of thiazole rings is 1. The Labute approximate surface area is 125 Å². The van der Waals surface area contributed by atoms with Crippen molar-refractivity contribution in [1.82, 2.24) is 15.2 Å². The highest BCUT2D eigenvalue weighted by atomic mass is 32.1. The molecule has 1 atom stereocenters. The van der Waals surface area contributed by atoms with Gasteiger partial charge in [-0.05, 0) is 37.3 Å². The monoisotopic (exact) mass is 302 g/mol. The molecule has 0 saturated carbocycles. The Hall–Kier alpha value is -2.05. The van der Waals surface area contributed by atoms with E-state index < -0.39 is 0 Å². The number of halogens is 1. The molecule has 0 radical (unpaired) electrons. The van der Waals surface area contributed by atoms with E-state index in [1.54, 1.807) is 23.5 Å².